The highest BCUT2D eigenvalue weighted by atomic mass is 16.2. The number of anilines is 1. The molecule has 4 heteroatoms. The molecule has 0 N–H and O–H groups in total. The number of pyridine rings is 1. The van der Waals surface area contributed by atoms with Crippen LogP contribution in [0.15, 0.2) is 53.8 Å². The third-order valence-electron chi connectivity index (χ3n) is 3.71. The van der Waals surface area contributed by atoms with Crippen LogP contribution in [0.4, 0.5) is 11.4 Å². The fraction of sp³-hybridized carbons (Fsp3) is 0.278. The maximum absolute atomic E-state index is 12.8. The van der Waals surface area contributed by atoms with Crippen LogP contribution in [0, 0.1) is 5.92 Å². The molecule has 0 aliphatic carbocycles. The molecule has 112 valence electrons. The molecule has 1 aromatic heterocycles. The van der Waals surface area contributed by atoms with Crippen LogP contribution in [0.1, 0.15) is 25.8 Å². The van der Waals surface area contributed by atoms with E-state index in [2.05, 4.69) is 23.8 Å². The second-order valence-corrected chi connectivity index (χ2v) is 5.83. The van der Waals surface area contributed by atoms with Gasteiger partial charge in [-0.2, -0.15) is 0 Å². The first-order chi connectivity index (χ1) is 10.7. The summed E-state index contributed by atoms with van der Waals surface area (Å²) in [4.78, 5) is 23.2. The third kappa shape index (κ3) is 2.77. The van der Waals surface area contributed by atoms with Crippen molar-refractivity contribution in [3.63, 3.8) is 0 Å². The Bertz CT molecular complexity index is 707. The number of carbonyl (C=O) groups is 1. The summed E-state index contributed by atoms with van der Waals surface area (Å²) in [5.41, 5.74) is 3.06. The van der Waals surface area contributed by atoms with E-state index < -0.39 is 0 Å². The van der Waals surface area contributed by atoms with Gasteiger partial charge in [0.2, 0.25) is 0 Å². The van der Waals surface area contributed by atoms with Crippen LogP contribution in [0.3, 0.4) is 0 Å². The minimum atomic E-state index is -0.0225. The van der Waals surface area contributed by atoms with Gasteiger partial charge in [-0.15, -0.1) is 0 Å². The molecule has 4 nitrogen and oxygen atoms in total. The van der Waals surface area contributed by atoms with Crippen LogP contribution in [0.25, 0.3) is 0 Å². The normalized spacial score (nSPS) is 15.7. The largest absolute Gasteiger partial charge is 0.306 e. The highest BCUT2D eigenvalue weighted by molar-refractivity contribution is 6.54. The van der Waals surface area contributed by atoms with Crippen LogP contribution >= 0.6 is 0 Å². The lowest BCUT2D eigenvalue weighted by molar-refractivity contribution is -0.112. The Morgan fingerprint density at radius 2 is 2.00 bits per heavy atom. The molecule has 1 aromatic carbocycles. The summed E-state index contributed by atoms with van der Waals surface area (Å²) in [6.45, 7) is 5.05. The summed E-state index contributed by atoms with van der Waals surface area (Å²) in [5, 5.41) is 0. The zero-order chi connectivity index (χ0) is 15.5. The van der Waals surface area contributed by atoms with E-state index in [-0.39, 0.29) is 5.91 Å². The summed E-state index contributed by atoms with van der Waals surface area (Å²) >= 11 is 0. The molecule has 3 rings (SSSR count). The zero-order valence-electron chi connectivity index (χ0n) is 12.9. The second kappa shape index (κ2) is 6.10. The average Bonchev–Trinajstić information content (AvgIpc) is 2.79. The molecule has 0 saturated carbocycles. The van der Waals surface area contributed by atoms with Gasteiger partial charge in [-0.1, -0.05) is 32.0 Å². The first-order valence-corrected chi connectivity index (χ1v) is 7.57. The summed E-state index contributed by atoms with van der Waals surface area (Å²) in [7, 11) is 0. The van der Waals surface area contributed by atoms with Crippen molar-refractivity contribution in [3.05, 3.63) is 54.4 Å². The number of hydrogen-bond donors (Lipinski definition) is 0. The molecule has 1 amide bonds. The van der Waals surface area contributed by atoms with Gasteiger partial charge in [0.15, 0.2) is 0 Å². The molecule has 0 atom stereocenters. The highest BCUT2D eigenvalue weighted by Crippen LogP contribution is 2.31. The molecular weight excluding hydrogens is 274 g/mol. The topological polar surface area (TPSA) is 45.6 Å². The van der Waals surface area contributed by atoms with Crippen molar-refractivity contribution in [2.45, 2.75) is 20.3 Å². The molecule has 0 radical (unpaired) electrons. The van der Waals surface area contributed by atoms with Gasteiger partial charge in [0, 0.05) is 18.3 Å². The molecule has 2 aromatic rings. The van der Waals surface area contributed by atoms with Gasteiger partial charge in [0.25, 0.3) is 5.91 Å². The summed E-state index contributed by atoms with van der Waals surface area (Å²) in [6, 6.07) is 11.5. The van der Waals surface area contributed by atoms with Crippen LogP contribution in [-0.2, 0) is 4.79 Å². The zero-order valence-corrected chi connectivity index (χ0v) is 12.9. The van der Waals surface area contributed by atoms with Crippen molar-refractivity contribution >= 4 is 23.0 Å². The fourth-order valence-corrected chi connectivity index (χ4v) is 2.53. The van der Waals surface area contributed by atoms with Gasteiger partial charge >= 0.3 is 0 Å². The van der Waals surface area contributed by atoms with E-state index in [0.29, 0.717) is 17.3 Å². The quantitative estimate of drug-likeness (QED) is 0.864. The summed E-state index contributed by atoms with van der Waals surface area (Å²) < 4.78 is 0. The second-order valence-electron chi connectivity index (χ2n) is 5.83. The van der Waals surface area contributed by atoms with Crippen molar-refractivity contribution in [1.29, 1.82) is 0 Å². The molecule has 0 bridgehead atoms. The number of benzene rings is 1. The Kier molecular flexibility index (Phi) is 4.00. The Labute approximate surface area is 130 Å². The average molecular weight is 293 g/mol. The molecule has 22 heavy (non-hydrogen) atoms. The van der Waals surface area contributed by atoms with Gasteiger partial charge in [-0.05, 0) is 30.5 Å². The van der Waals surface area contributed by atoms with E-state index in [9.17, 15) is 4.79 Å². The van der Waals surface area contributed by atoms with Crippen LogP contribution in [0.5, 0.6) is 0 Å². The molecule has 0 fully saturated rings. The monoisotopic (exact) mass is 293 g/mol. The Balaban J connectivity index is 1.99. The Hall–Kier alpha value is -2.49. The van der Waals surface area contributed by atoms with Crippen molar-refractivity contribution in [2.24, 2.45) is 10.9 Å². The molecular formula is C18H19N3O. The smallest absolute Gasteiger partial charge is 0.277 e. The van der Waals surface area contributed by atoms with E-state index in [4.69, 9.17) is 0 Å². The number of para-hydroxylation sites is 1. The highest BCUT2D eigenvalue weighted by Gasteiger charge is 2.33. The number of nitrogens with zero attached hydrogens (tertiary/aromatic N) is 3. The van der Waals surface area contributed by atoms with Crippen LogP contribution in [-0.4, -0.2) is 23.1 Å². The van der Waals surface area contributed by atoms with Gasteiger partial charge in [0.05, 0.1) is 17.6 Å². The minimum absolute atomic E-state index is 0.0225. The molecule has 2 heterocycles. The molecule has 1 aliphatic heterocycles. The predicted octanol–water partition coefficient (Wildman–Crippen LogP) is 3.60. The van der Waals surface area contributed by atoms with E-state index in [0.717, 1.165) is 24.2 Å². The number of amides is 1. The molecule has 0 unspecified atom stereocenters. The minimum Gasteiger partial charge on any atom is -0.306 e. The third-order valence-corrected chi connectivity index (χ3v) is 3.71. The summed E-state index contributed by atoms with van der Waals surface area (Å²) in [5.74, 6) is 0.532. The van der Waals surface area contributed by atoms with E-state index in [1.807, 2.05) is 41.3 Å². The number of rotatable bonds is 4. The Morgan fingerprint density at radius 1 is 1.18 bits per heavy atom. The molecule has 0 spiro atoms. The van der Waals surface area contributed by atoms with Crippen molar-refractivity contribution in [2.75, 3.05) is 11.4 Å². The van der Waals surface area contributed by atoms with E-state index >= 15 is 0 Å². The number of carbonyl (C=O) groups excluding carboxylic acids is 1. The van der Waals surface area contributed by atoms with Gasteiger partial charge < -0.3 is 4.90 Å². The number of aliphatic imine (C=N–C) groups is 1. The lowest BCUT2D eigenvalue weighted by Gasteiger charge is -2.17. The van der Waals surface area contributed by atoms with Crippen molar-refractivity contribution < 1.29 is 4.79 Å². The summed E-state index contributed by atoms with van der Waals surface area (Å²) in [6.07, 6.45) is 4.34. The van der Waals surface area contributed by atoms with Crippen LogP contribution < -0.4 is 4.90 Å². The first kappa shape index (κ1) is 14.4. The first-order valence-electron chi connectivity index (χ1n) is 7.57. The number of hydrogen-bond acceptors (Lipinski definition) is 3. The van der Waals surface area contributed by atoms with Crippen molar-refractivity contribution in [1.82, 2.24) is 4.98 Å². The van der Waals surface area contributed by atoms with Gasteiger partial charge in [-0.25, -0.2) is 4.99 Å². The number of aromatic nitrogens is 1. The Morgan fingerprint density at radius 3 is 2.73 bits per heavy atom. The maximum atomic E-state index is 12.8. The molecule has 1 aliphatic rings. The van der Waals surface area contributed by atoms with Crippen molar-refractivity contribution in [3.8, 4) is 0 Å². The lowest BCUT2D eigenvalue weighted by atomic mass is 10.1. The van der Waals surface area contributed by atoms with Crippen LogP contribution in [0.2, 0.25) is 0 Å². The standard InChI is InChI=1S/C18H19N3O/c1-13(2)9-11-21-16-8-4-3-7-15(16)17(18(21)22)20-14-6-5-10-19-12-14/h3-8,10,12-13H,9,11H2,1-2H3. The molecule has 0 saturated heterocycles. The number of fused-ring (bicyclic) bond motifs is 1. The van der Waals surface area contributed by atoms with Gasteiger partial charge in [0.1, 0.15) is 5.71 Å². The SMILES string of the molecule is CC(C)CCN1C(=O)C(=Nc2cccnc2)c2ccccc21. The van der Waals surface area contributed by atoms with E-state index in [1.54, 1.807) is 12.4 Å². The van der Waals surface area contributed by atoms with E-state index in [1.165, 1.54) is 0 Å². The fourth-order valence-electron chi connectivity index (χ4n) is 2.53. The maximum Gasteiger partial charge on any atom is 0.277 e. The lowest BCUT2D eigenvalue weighted by Crippen LogP contribution is -2.31. The predicted molar refractivity (Wildman–Crippen MR) is 88.7 cm³/mol. The van der Waals surface area contributed by atoms with Gasteiger partial charge in [-0.3, -0.25) is 9.78 Å².